The van der Waals surface area contributed by atoms with Crippen LogP contribution in [0.5, 0.6) is 0 Å². The molecular weight excluding hydrogens is 349 g/mol. The highest BCUT2D eigenvalue weighted by atomic mass is 19.4. The zero-order valence-corrected chi connectivity index (χ0v) is 13.4. The van der Waals surface area contributed by atoms with Crippen molar-refractivity contribution in [1.82, 2.24) is 10.3 Å². The van der Waals surface area contributed by atoms with E-state index < -0.39 is 23.8 Å². The van der Waals surface area contributed by atoms with Crippen molar-refractivity contribution in [2.24, 2.45) is 0 Å². The first kappa shape index (κ1) is 19.0. The molecule has 2 aromatic rings. The van der Waals surface area contributed by atoms with E-state index in [9.17, 15) is 22.8 Å². The van der Waals surface area contributed by atoms with Crippen molar-refractivity contribution in [3.63, 3.8) is 0 Å². The number of carbonyl (C=O) groups excluding carboxylic acids is 2. The van der Waals surface area contributed by atoms with Gasteiger partial charge in [-0.15, -0.1) is 6.58 Å². The topological polar surface area (TPSA) is 83.1 Å². The third-order valence-corrected chi connectivity index (χ3v) is 3.12. The monoisotopic (exact) mass is 364 g/mol. The number of urea groups is 1. The number of nitrogens with zero attached hydrogens (tertiary/aromatic N) is 1. The molecule has 0 fully saturated rings. The first-order chi connectivity index (χ1) is 12.3. The van der Waals surface area contributed by atoms with Gasteiger partial charge < -0.3 is 16.0 Å². The lowest BCUT2D eigenvalue weighted by Crippen LogP contribution is -2.28. The number of alkyl halides is 3. The van der Waals surface area contributed by atoms with E-state index in [1.807, 2.05) is 0 Å². The van der Waals surface area contributed by atoms with Crippen LogP contribution in [0, 0.1) is 0 Å². The van der Waals surface area contributed by atoms with E-state index in [-0.39, 0.29) is 5.56 Å². The number of nitrogens with one attached hydrogen (secondary N) is 3. The number of carbonyl (C=O) groups is 2. The van der Waals surface area contributed by atoms with E-state index in [0.29, 0.717) is 17.9 Å². The molecule has 3 N–H and O–H groups in total. The molecule has 0 radical (unpaired) electrons. The molecule has 0 aliphatic heterocycles. The molecule has 0 unspecified atom stereocenters. The fourth-order valence-corrected chi connectivity index (χ4v) is 1.88. The summed E-state index contributed by atoms with van der Waals surface area (Å²) in [5, 5.41) is 7.65. The van der Waals surface area contributed by atoms with Crippen molar-refractivity contribution >= 4 is 23.3 Å². The summed E-state index contributed by atoms with van der Waals surface area (Å²) in [4.78, 5) is 26.8. The maximum absolute atomic E-state index is 12.5. The van der Waals surface area contributed by atoms with Gasteiger partial charge in [-0.25, -0.2) is 4.79 Å². The van der Waals surface area contributed by atoms with E-state index in [1.54, 1.807) is 24.3 Å². The van der Waals surface area contributed by atoms with E-state index in [1.165, 1.54) is 6.08 Å². The molecule has 1 aromatic carbocycles. The molecule has 0 spiro atoms. The summed E-state index contributed by atoms with van der Waals surface area (Å²) >= 11 is 0. The Morgan fingerprint density at radius 3 is 2.15 bits per heavy atom. The van der Waals surface area contributed by atoms with Crippen molar-refractivity contribution in [3.05, 3.63) is 66.5 Å². The molecule has 136 valence electrons. The van der Waals surface area contributed by atoms with Gasteiger partial charge >= 0.3 is 12.2 Å². The summed E-state index contributed by atoms with van der Waals surface area (Å²) < 4.78 is 37.4. The minimum absolute atomic E-state index is 0.0102. The minimum Gasteiger partial charge on any atom is -0.334 e. The van der Waals surface area contributed by atoms with Gasteiger partial charge in [-0.3, -0.25) is 9.78 Å². The lowest BCUT2D eigenvalue weighted by atomic mass is 10.2. The second kappa shape index (κ2) is 8.15. The molecule has 26 heavy (non-hydrogen) atoms. The fraction of sp³-hybridized carbons (Fsp3) is 0.118. The van der Waals surface area contributed by atoms with Crippen LogP contribution >= 0.6 is 0 Å². The van der Waals surface area contributed by atoms with Gasteiger partial charge in [0.1, 0.15) is 5.69 Å². The molecule has 0 bridgehead atoms. The van der Waals surface area contributed by atoms with Gasteiger partial charge in [0.2, 0.25) is 0 Å². The molecule has 9 heteroatoms. The van der Waals surface area contributed by atoms with Crippen molar-refractivity contribution < 1.29 is 22.8 Å². The van der Waals surface area contributed by atoms with Crippen LogP contribution < -0.4 is 16.0 Å². The predicted molar refractivity (Wildman–Crippen MR) is 90.9 cm³/mol. The lowest BCUT2D eigenvalue weighted by Gasteiger charge is -2.09. The second-order valence-corrected chi connectivity index (χ2v) is 5.09. The smallest absolute Gasteiger partial charge is 0.334 e. The molecular formula is C17H15F3N4O2. The van der Waals surface area contributed by atoms with E-state index in [4.69, 9.17) is 0 Å². The van der Waals surface area contributed by atoms with Crippen LogP contribution in [0.15, 0.2) is 55.3 Å². The number of anilines is 2. The van der Waals surface area contributed by atoms with Crippen LogP contribution in [0.25, 0.3) is 0 Å². The second-order valence-electron chi connectivity index (χ2n) is 5.09. The van der Waals surface area contributed by atoms with E-state index in [2.05, 4.69) is 27.5 Å². The maximum atomic E-state index is 12.5. The van der Waals surface area contributed by atoms with Gasteiger partial charge in [0.25, 0.3) is 5.91 Å². The molecule has 0 aliphatic rings. The van der Waals surface area contributed by atoms with Crippen LogP contribution in [0.1, 0.15) is 16.1 Å². The minimum atomic E-state index is -4.56. The van der Waals surface area contributed by atoms with Crippen LogP contribution in [0.2, 0.25) is 0 Å². The zero-order chi connectivity index (χ0) is 19.2. The van der Waals surface area contributed by atoms with Gasteiger partial charge in [-0.2, -0.15) is 13.2 Å². The third-order valence-electron chi connectivity index (χ3n) is 3.12. The molecule has 0 saturated carbocycles. The molecule has 3 amide bonds. The Hall–Kier alpha value is -3.36. The highest BCUT2D eigenvalue weighted by Gasteiger charge is 2.32. The summed E-state index contributed by atoms with van der Waals surface area (Å²) in [5.41, 5.74) is -0.170. The Morgan fingerprint density at radius 1 is 1.04 bits per heavy atom. The molecule has 0 aliphatic carbocycles. The van der Waals surface area contributed by atoms with Gasteiger partial charge in [0.05, 0.1) is 5.56 Å². The van der Waals surface area contributed by atoms with Crippen molar-refractivity contribution in [3.8, 4) is 0 Å². The van der Waals surface area contributed by atoms with Gasteiger partial charge in [0, 0.05) is 24.1 Å². The fourth-order valence-electron chi connectivity index (χ4n) is 1.88. The van der Waals surface area contributed by atoms with Crippen LogP contribution in [0.4, 0.5) is 29.3 Å². The summed E-state index contributed by atoms with van der Waals surface area (Å²) in [6.07, 6.45) is -2.16. The lowest BCUT2D eigenvalue weighted by molar-refractivity contribution is -0.141. The number of aromatic nitrogens is 1. The number of rotatable bonds is 5. The highest BCUT2D eigenvalue weighted by molar-refractivity contribution is 6.04. The number of pyridine rings is 1. The summed E-state index contributed by atoms with van der Waals surface area (Å²) in [5.74, 6) is -0.601. The first-order valence-electron chi connectivity index (χ1n) is 7.40. The van der Waals surface area contributed by atoms with Crippen LogP contribution in [-0.2, 0) is 6.18 Å². The Bertz CT molecular complexity index is 787. The highest BCUT2D eigenvalue weighted by Crippen LogP contribution is 2.27. The van der Waals surface area contributed by atoms with E-state index >= 15 is 0 Å². The Balaban J connectivity index is 1.96. The zero-order valence-electron chi connectivity index (χ0n) is 13.4. The molecule has 1 heterocycles. The van der Waals surface area contributed by atoms with Gasteiger partial charge in [-0.1, -0.05) is 6.08 Å². The molecule has 2 rings (SSSR count). The van der Waals surface area contributed by atoms with Crippen molar-refractivity contribution in [2.45, 2.75) is 6.18 Å². The molecule has 0 atom stereocenters. The number of amides is 3. The van der Waals surface area contributed by atoms with E-state index in [0.717, 1.165) is 18.3 Å². The number of hydrogen-bond acceptors (Lipinski definition) is 3. The molecule has 1 aromatic heterocycles. The summed E-state index contributed by atoms with van der Waals surface area (Å²) in [6.45, 7) is 3.80. The maximum Gasteiger partial charge on any atom is 0.433 e. The van der Waals surface area contributed by atoms with Crippen molar-refractivity contribution in [2.75, 3.05) is 17.2 Å². The Labute approximate surface area is 147 Å². The van der Waals surface area contributed by atoms with Crippen molar-refractivity contribution in [1.29, 1.82) is 0 Å². The SMILES string of the molecule is C=CCNC(=O)Nc1ccc(NC(=O)c2ccc(C(F)(F)F)nc2)cc1. The van der Waals surface area contributed by atoms with Gasteiger partial charge in [-0.05, 0) is 36.4 Å². The Kier molecular flexibility index (Phi) is 5.94. The average Bonchev–Trinajstić information content (AvgIpc) is 2.61. The van der Waals surface area contributed by atoms with Gasteiger partial charge in [0.15, 0.2) is 0 Å². The number of benzene rings is 1. The molecule has 0 saturated heterocycles. The molecule has 6 nitrogen and oxygen atoms in total. The number of halogens is 3. The first-order valence-corrected chi connectivity index (χ1v) is 7.40. The third kappa shape index (κ3) is 5.33. The summed E-state index contributed by atoms with van der Waals surface area (Å²) in [6, 6.07) is 7.59. The average molecular weight is 364 g/mol. The summed E-state index contributed by atoms with van der Waals surface area (Å²) in [7, 11) is 0. The quantitative estimate of drug-likeness (QED) is 0.708. The largest absolute Gasteiger partial charge is 0.433 e. The van der Waals surface area contributed by atoms with Crippen LogP contribution in [0.3, 0.4) is 0 Å². The standard InChI is InChI=1S/C17H15F3N4O2/c1-2-9-21-16(26)24-13-6-4-12(5-7-13)23-15(25)11-3-8-14(22-10-11)17(18,19)20/h2-8,10H,1,9H2,(H,23,25)(H2,21,24,26). The normalized spacial score (nSPS) is 10.7. The van der Waals surface area contributed by atoms with Crippen LogP contribution in [-0.4, -0.2) is 23.5 Å². The Morgan fingerprint density at radius 2 is 1.65 bits per heavy atom. The number of hydrogen-bond donors (Lipinski definition) is 3. The predicted octanol–water partition coefficient (Wildman–Crippen LogP) is 3.66.